The van der Waals surface area contributed by atoms with Gasteiger partial charge in [0, 0.05) is 13.1 Å². The number of methoxy groups -OCH3 is 1. The molecule has 18 heavy (non-hydrogen) atoms. The summed E-state index contributed by atoms with van der Waals surface area (Å²) < 4.78 is 12.4. The lowest BCUT2D eigenvalue weighted by atomic mass is 10.2. The fraction of sp³-hybridized carbons (Fsp3) is 0.167. The molecule has 0 radical (unpaired) electrons. The Hall–Kier alpha value is -2.50. The molecular formula is C12H14N4O2. The number of hydrogen-bond donors (Lipinski definition) is 2. The Morgan fingerprint density at radius 1 is 1.39 bits per heavy atom. The number of benzene rings is 1. The van der Waals surface area contributed by atoms with Crippen LogP contribution in [0, 0.1) is 5.41 Å². The van der Waals surface area contributed by atoms with Crippen LogP contribution < -0.4 is 15.2 Å². The van der Waals surface area contributed by atoms with Gasteiger partial charge in [-0.3, -0.25) is 10.1 Å². The summed E-state index contributed by atoms with van der Waals surface area (Å²) in [6.07, 6.45) is 3.31. The first-order chi connectivity index (χ1) is 8.60. The van der Waals surface area contributed by atoms with E-state index in [9.17, 15) is 0 Å². The van der Waals surface area contributed by atoms with Crippen LogP contribution in [-0.2, 0) is 7.05 Å². The van der Waals surface area contributed by atoms with Crippen molar-refractivity contribution < 1.29 is 9.47 Å². The van der Waals surface area contributed by atoms with Crippen LogP contribution in [0.15, 0.2) is 30.6 Å². The van der Waals surface area contributed by atoms with Crippen molar-refractivity contribution in [2.24, 2.45) is 12.8 Å². The number of nitrogens with two attached hydrogens (primary N) is 1. The van der Waals surface area contributed by atoms with Crippen LogP contribution in [0.3, 0.4) is 0 Å². The molecule has 1 aromatic carbocycles. The lowest BCUT2D eigenvalue weighted by Crippen LogP contribution is -2.12. The van der Waals surface area contributed by atoms with Gasteiger partial charge in [0.2, 0.25) is 0 Å². The van der Waals surface area contributed by atoms with Gasteiger partial charge in [0.25, 0.3) is 0 Å². The minimum Gasteiger partial charge on any atom is -0.497 e. The van der Waals surface area contributed by atoms with Gasteiger partial charge in [-0.2, -0.15) is 5.10 Å². The second-order valence-corrected chi connectivity index (χ2v) is 3.73. The summed E-state index contributed by atoms with van der Waals surface area (Å²) in [6, 6.07) is 5.10. The van der Waals surface area contributed by atoms with Crippen molar-refractivity contribution in [1.82, 2.24) is 9.78 Å². The molecule has 0 atom stereocenters. The van der Waals surface area contributed by atoms with Crippen molar-refractivity contribution in [3.05, 3.63) is 36.2 Å². The Bertz CT molecular complexity index is 577. The van der Waals surface area contributed by atoms with E-state index in [0.29, 0.717) is 22.8 Å². The Labute approximate surface area is 104 Å². The van der Waals surface area contributed by atoms with Crippen LogP contribution in [0.25, 0.3) is 0 Å². The van der Waals surface area contributed by atoms with Gasteiger partial charge in [0.05, 0.1) is 25.1 Å². The highest BCUT2D eigenvalue weighted by molar-refractivity contribution is 5.97. The lowest BCUT2D eigenvalue weighted by molar-refractivity contribution is 0.409. The van der Waals surface area contributed by atoms with Gasteiger partial charge in [0.1, 0.15) is 17.3 Å². The highest BCUT2D eigenvalue weighted by atomic mass is 16.5. The van der Waals surface area contributed by atoms with Crippen LogP contribution in [0.5, 0.6) is 17.2 Å². The van der Waals surface area contributed by atoms with Crippen LogP contribution in [0.2, 0.25) is 0 Å². The summed E-state index contributed by atoms with van der Waals surface area (Å²) in [5, 5.41) is 11.5. The van der Waals surface area contributed by atoms with Gasteiger partial charge in [-0.05, 0) is 12.1 Å². The number of hydrogen-bond acceptors (Lipinski definition) is 4. The van der Waals surface area contributed by atoms with Gasteiger partial charge >= 0.3 is 0 Å². The molecule has 0 bridgehead atoms. The van der Waals surface area contributed by atoms with Crippen molar-refractivity contribution in [1.29, 1.82) is 5.41 Å². The van der Waals surface area contributed by atoms with E-state index in [1.54, 1.807) is 49.4 Å². The molecule has 94 valence electrons. The molecule has 0 saturated heterocycles. The normalized spacial score (nSPS) is 10.1. The van der Waals surface area contributed by atoms with Gasteiger partial charge < -0.3 is 15.2 Å². The van der Waals surface area contributed by atoms with Crippen molar-refractivity contribution in [2.45, 2.75) is 0 Å². The number of rotatable bonds is 4. The second kappa shape index (κ2) is 4.79. The maximum absolute atomic E-state index is 7.51. The molecule has 6 nitrogen and oxygen atoms in total. The third-order valence-corrected chi connectivity index (χ3v) is 2.39. The maximum Gasteiger partial charge on any atom is 0.165 e. The molecule has 0 fully saturated rings. The molecule has 0 unspecified atom stereocenters. The highest BCUT2D eigenvalue weighted by Gasteiger charge is 2.10. The van der Waals surface area contributed by atoms with Gasteiger partial charge in [0.15, 0.2) is 5.75 Å². The molecule has 0 amide bonds. The average molecular weight is 246 g/mol. The fourth-order valence-corrected chi connectivity index (χ4v) is 1.52. The number of nitrogens with one attached hydrogen (secondary N) is 1. The first-order valence-corrected chi connectivity index (χ1v) is 5.29. The van der Waals surface area contributed by atoms with Crippen LogP contribution in [0.4, 0.5) is 0 Å². The molecular weight excluding hydrogens is 232 g/mol. The molecule has 3 N–H and O–H groups in total. The van der Waals surface area contributed by atoms with Crippen LogP contribution in [0.1, 0.15) is 5.56 Å². The number of nitrogen functional groups attached to an aromatic ring is 1. The van der Waals surface area contributed by atoms with Crippen LogP contribution >= 0.6 is 0 Å². The minimum absolute atomic E-state index is 0.0588. The number of nitrogens with zero attached hydrogens (tertiary/aromatic N) is 2. The smallest absolute Gasteiger partial charge is 0.165 e. The Kier molecular flexibility index (Phi) is 3.18. The Morgan fingerprint density at radius 2 is 2.17 bits per heavy atom. The summed E-state index contributed by atoms with van der Waals surface area (Å²) in [5.74, 6) is 1.62. The molecule has 1 heterocycles. The maximum atomic E-state index is 7.51. The Morgan fingerprint density at radius 3 is 2.72 bits per heavy atom. The molecule has 0 spiro atoms. The highest BCUT2D eigenvalue weighted by Crippen LogP contribution is 2.28. The first-order valence-electron chi connectivity index (χ1n) is 5.29. The third-order valence-electron chi connectivity index (χ3n) is 2.39. The first kappa shape index (κ1) is 12.0. The molecule has 2 rings (SSSR count). The quantitative estimate of drug-likeness (QED) is 0.632. The minimum atomic E-state index is -0.0588. The largest absolute Gasteiger partial charge is 0.497 e. The third kappa shape index (κ3) is 2.42. The summed E-state index contributed by atoms with van der Waals surface area (Å²) >= 11 is 0. The van der Waals surface area contributed by atoms with E-state index < -0.39 is 0 Å². The predicted molar refractivity (Wildman–Crippen MR) is 67.3 cm³/mol. The summed E-state index contributed by atoms with van der Waals surface area (Å²) in [7, 11) is 3.36. The number of aromatic nitrogens is 2. The molecule has 0 aliphatic heterocycles. The van der Waals surface area contributed by atoms with E-state index in [0.717, 1.165) is 0 Å². The topological polar surface area (TPSA) is 86.2 Å². The number of aryl methyl sites for hydroxylation is 1. The van der Waals surface area contributed by atoms with Crippen molar-refractivity contribution in [3.8, 4) is 17.2 Å². The van der Waals surface area contributed by atoms with E-state index in [-0.39, 0.29) is 5.84 Å². The van der Waals surface area contributed by atoms with E-state index in [4.69, 9.17) is 20.6 Å². The van der Waals surface area contributed by atoms with E-state index >= 15 is 0 Å². The summed E-state index contributed by atoms with van der Waals surface area (Å²) in [4.78, 5) is 0. The second-order valence-electron chi connectivity index (χ2n) is 3.73. The van der Waals surface area contributed by atoms with Gasteiger partial charge in [-0.15, -0.1) is 0 Å². The fourth-order valence-electron chi connectivity index (χ4n) is 1.52. The zero-order valence-electron chi connectivity index (χ0n) is 10.2. The van der Waals surface area contributed by atoms with Crippen LogP contribution in [-0.4, -0.2) is 22.7 Å². The van der Waals surface area contributed by atoms with E-state index in [2.05, 4.69) is 5.10 Å². The van der Waals surface area contributed by atoms with E-state index in [1.807, 2.05) is 0 Å². The zero-order valence-corrected chi connectivity index (χ0v) is 10.2. The standard InChI is InChI=1S/C12H14N4O2/c1-16-7-9(6-15-16)18-11-5-8(17-2)3-4-10(11)12(13)14/h3-7H,1-2H3,(H3,13,14). The van der Waals surface area contributed by atoms with Gasteiger partial charge in [-0.25, -0.2) is 0 Å². The summed E-state index contributed by atoms with van der Waals surface area (Å²) in [5.41, 5.74) is 6.02. The van der Waals surface area contributed by atoms with E-state index in [1.165, 1.54) is 0 Å². The predicted octanol–water partition coefficient (Wildman–Crippen LogP) is 1.51. The molecule has 2 aromatic rings. The molecule has 0 aliphatic rings. The number of amidine groups is 1. The van der Waals surface area contributed by atoms with Crippen molar-refractivity contribution in [2.75, 3.05) is 7.11 Å². The van der Waals surface area contributed by atoms with Gasteiger partial charge in [-0.1, -0.05) is 0 Å². The summed E-state index contributed by atoms with van der Waals surface area (Å²) in [6.45, 7) is 0. The molecule has 1 aromatic heterocycles. The zero-order chi connectivity index (χ0) is 13.1. The van der Waals surface area contributed by atoms with Crippen molar-refractivity contribution in [3.63, 3.8) is 0 Å². The average Bonchev–Trinajstić information content (AvgIpc) is 2.74. The Balaban J connectivity index is 2.37. The van der Waals surface area contributed by atoms with Crippen molar-refractivity contribution >= 4 is 5.84 Å². The number of ether oxygens (including phenoxy) is 2. The molecule has 0 aliphatic carbocycles. The monoisotopic (exact) mass is 246 g/mol. The lowest BCUT2D eigenvalue weighted by Gasteiger charge is -2.10. The molecule has 6 heteroatoms. The SMILES string of the molecule is COc1ccc(C(=N)N)c(Oc2cnn(C)c2)c1. The molecule has 0 saturated carbocycles.